The van der Waals surface area contributed by atoms with E-state index < -0.39 is 24.3 Å². The molecule has 4 N–H and O–H groups in total. The molecule has 3 aromatic rings. The maximum absolute atomic E-state index is 13.8. The van der Waals surface area contributed by atoms with Crippen LogP contribution in [0.2, 0.25) is 0 Å². The topological polar surface area (TPSA) is 175 Å². The summed E-state index contributed by atoms with van der Waals surface area (Å²) in [7, 11) is 2.63. The van der Waals surface area contributed by atoms with Gasteiger partial charge in [0.2, 0.25) is 11.8 Å². The lowest BCUT2D eigenvalue weighted by atomic mass is 9.51. The zero-order valence-electron chi connectivity index (χ0n) is 35.1. The minimum Gasteiger partial charge on any atom is -0.453 e. The van der Waals surface area contributed by atoms with Crippen molar-refractivity contribution in [2.45, 2.75) is 140 Å². The van der Waals surface area contributed by atoms with E-state index in [-0.39, 0.29) is 46.6 Å². The maximum Gasteiger partial charge on any atom is 0.407 e. The van der Waals surface area contributed by atoms with E-state index in [1.807, 2.05) is 49.9 Å². The predicted octanol–water partition coefficient (Wildman–Crippen LogP) is 7.21. The van der Waals surface area contributed by atoms with Crippen LogP contribution in [-0.2, 0) is 29.9 Å². The zero-order chi connectivity index (χ0) is 41.2. The average Bonchev–Trinajstić information content (AvgIpc) is 4.11. The summed E-state index contributed by atoms with van der Waals surface area (Å²) in [6.45, 7) is 9.24. The molecule has 8 rings (SSSR count). The van der Waals surface area contributed by atoms with Gasteiger partial charge < -0.3 is 39.9 Å². The predicted molar refractivity (Wildman–Crippen MR) is 219 cm³/mol. The highest BCUT2D eigenvalue weighted by molar-refractivity contribution is 5.87. The van der Waals surface area contributed by atoms with E-state index in [1.165, 1.54) is 25.5 Å². The van der Waals surface area contributed by atoms with Crippen LogP contribution in [0.25, 0.3) is 11.3 Å². The van der Waals surface area contributed by atoms with Crippen LogP contribution in [0.5, 0.6) is 0 Å². The van der Waals surface area contributed by atoms with Gasteiger partial charge in [0, 0.05) is 30.4 Å². The van der Waals surface area contributed by atoms with Crippen molar-refractivity contribution in [3.63, 3.8) is 0 Å². The van der Waals surface area contributed by atoms with Gasteiger partial charge in [-0.05, 0) is 92.6 Å². The van der Waals surface area contributed by atoms with E-state index in [9.17, 15) is 19.2 Å². The number of amides is 4. The summed E-state index contributed by atoms with van der Waals surface area (Å²) in [4.78, 5) is 72.5. The van der Waals surface area contributed by atoms with Gasteiger partial charge in [-0.25, -0.2) is 19.6 Å². The number of methoxy groups -OCH3 is 2. The second kappa shape index (κ2) is 17.1. The third kappa shape index (κ3) is 7.82. The van der Waals surface area contributed by atoms with Gasteiger partial charge in [-0.3, -0.25) is 9.59 Å². The number of alkyl carbamates (subject to hydrolysis) is 2. The Morgan fingerprint density at radius 3 is 1.67 bits per heavy atom. The van der Waals surface area contributed by atoms with Crippen molar-refractivity contribution < 1.29 is 28.7 Å². The van der Waals surface area contributed by atoms with Crippen molar-refractivity contribution in [3.8, 4) is 11.3 Å². The van der Waals surface area contributed by atoms with Gasteiger partial charge >= 0.3 is 12.2 Å². The van der Waals surface area contributed by atoms with Gasteiger partial charge in [-0.15, -0.1) is 0 Å². The molecule has 314 valence electrons. The largest absolute Gasteiger partial charge is 0.453 e. The number of carbonyl (C=O) groups is 4. The van der Waals surface area contributed by atoms with Crippen molar-refractivity contribution in [3.05, 3.63) is 59.6 Å². The fraction of sp³-hybridized carbons (Fsp3) is 0.636. The summed E-state index contributed by atoms with van der Waals surface area (Å²) < 4.78 is 9.66. The molecule has 1 aromatic carbocycles. The number of H-pyrrole nitrogens is 2. The van der Waals surface area contributed by atoms with E-state index in [4.69, 9.17) is 19.4 Å². The molecule has 3 saturated carbocycles. The van der Waals surface area contributed by atoms with Gasteiger partial charge in [-0.1, -0.05) is 64.8 Å². The number of benzene rings is 1. The lowest BCUT2D eigenvalue weighted by Crippen LogP contribution is -2.51. The standard InChI is InChI=1S/C44H62N8O6/c1-7-27(3)35(49-41(55)57-5)39(53)51-23-9-11-32(51)37-45-25-31(47-37)29-13-15-30(16-14-29)43-17-20-44(21-18-43,22-19-43)34-26-46-38(48-34)33-12-10-24-52(33)40(54)36(28(4)8-2)50-42(56)58-6/h13-16,25-28,32-33,35-36H,7-12,17-24H2,1-6H3,(H,45,47)(H,46,48)(H,49,55)(H,50,56). The van der Waals surface area contributed by atoms with E-state index in [0.717, 1.165) is 100.0 Å². The maximum atomic E-state index is 13.8. The molecule has 4 heterocycles. The summed E-state index contributed by atoms with van der Waals surface area (Å²) >= 11 is 0. The van der Waals surface area contributed by atoms with Crippen LogP contribution in [0.1, 0.15) is 140 Å². The Balaban J connectivity index is 0.995. The third-order valence-corrected chi connectivity index (χ3v) is 14.4. The lowest BCUT2D eigenvalue weighted by molar-refractivity contribution is -0.136. The molecular weight excluding hydrogens is 737 g/mol. The van der Waals surface area contributed by atoms with Gasteiger partial charge in [-0.2, -0.15) is 0 Å². The van der Waals surface area contributed by atoms with Gasteiger partial charge in [0.25, 0.3) is 0 Å². The zero-order valence-corrected chi connectivity index (χ0v) is 35.1. The van der Waals surface area contributed by atoms with Crippen LogP contribution in [0.15, 0.2) is 36.7 Å². The smallest absolute Gasteiger partial charge is 0.407 e. The van der Waals surface area contributed by atoms with E-state index in [1.54, 1.807) is 0 Å². The quantitative estimate of drug-likeness (QED) is 0.140. The number of aromatic nitrogens is 4. The second-order valence-electron chi connectivity index (χ2n) is 17.4. The minimum absolute atomic E-state index is 0.0301. The SMILES string of the molecule is CCC(C)C(NC(=O)OC)C(=O)N1CCCC1c1ncc(-c2ccc(C34CCC(c5cnc(C6CCCN6C(=O)C(NC(=O)OC)C(C)CC)[nH]5)(CC3)CC4)cc2)[nH]1. The number of likely N-dealkylation sites (tertiary alicyclic amines) is 2. The van der Waals surface area contributed by atoms with Crippen molar-refractivity contribution >= 4 is 24.0 Å². The molecule has 2 aromatic heterocycles. The van der Waals surface area contributed by atoms with Gasteiger partial charge in [0.05, 0.1) is 38.2 Å². The average molecular weight is 799 g/mol. The number of carbonyl (C=O) groups excluding carboxylic acids is 4. The van der Waals surface area contributed by atoms with Crippen molar-refractivity contribution in [2.75, 3.05) is 27.3 Å². The number of hydrogen-bond donors (Lipinski definition) is 4. The first kappa shape index (κ1) is 41.3. The number of rotatable bonds is 13. The minimum atomic E-state index is -0.659. The number of imidazole rings is 2. The number of nitrogens with one attached hydrogen (secondary N) is 4. The van der Waals surface area contributed by atoms with Crippen LogP contribution >= 0.6 is 0 Å². The molecule has 58 heavy (non-hydrogen) atoms. The molecule has 14 nitrogen and oxygen atoms in total. The van der Waals surface area contributed by atoms with Crippen LogP contribution < -0.4 is 10.6 Å². The normalized spacial score (nSPS) is 26.2. The van der Waals surface area contributed by atoms with Crippen LogP contribution in [0.3, 0.4) is 0 Å². The Morgan fingerprint density at radius 2 is 1.19 bits per heavy atom. The number of fused-ring (bicyclic) bond motifs is 3. The molecular formula is C44H62N8O6. The fourth-order valence-electron chi connectivity index (χ4n) is 10.2. The van der Waals surface area contributed by atoms with E-state index in [0.29, 0.717) is 13.1 Å². The third-order valence-electron chi connectivity index (χ3n) is 14.4. The summed E-state index contributed by atoms with van der Waals surface area (Å²) in [5, 5.41) is 5.56. The summed E-state index contributed by atoms with van der Waals surface area (Å²) in [5.74, 6) is 1.36. The Morgan fingerprint density at radius 1 is 0.724 bits per heavy atom. The molecule has 3 aliphatic carbocycles. The Kier molecular flexibility index (Phi) is 12.2. The van der Waals surface area contributed by atoms with Crippen molar-refractivity contribution in [1.29, 1.82) is 0 Å². The Bertz CT molecular complexity index is 1920. The molecule has 5 fully saturated rings. The van der Waals surface area contributed by atoms with Gasteiger partial charge in [0.1, 0.15) is 23.7 Å². The second-order valence-corrected chi connectivity index (χ2v) is 17.4. The number of nitrogens with zero attached hydrogens (tertiary/aromatic N) is 4. The first-order valence-corrected chi connectivity index (χ1v) is 21.5. The highest BCUT2D eigenvalue weighted by Crippen LogP contribution is 2.58. The molecule has 14 heteroatoms. The van der Waals surface area contributed by atoms with Crippen molar-refractivity contribution in [1.82, 2.24) is 40.4 Å². The van der Waals surface area contributed by atoms with Crippen LogP contribution in [0, 0.1) is 11.8 Å². The number of hydrogen-bond acceptors (Lipinski definition) is 8. The molecule has 2 bridgehead atoms. The van der Waals surface area contributed by atoms with Gasteiger partial charge in [0.15, 0.2) is 0 Å². The first-order chi connectivity index (χ1) is 28.0. The molecule has 0 spiro atoms. The molecule has 0 radical (unpaired) electrons. The molecule has 2 aliphatic heterocycles. The molecule has 6 atom stereocenters. The highest BCUT2D eigenvalue weighted by atomic mass is 16.5. The number of aromatic amines is 2. The summed E-state index contributed by atoms with van der Waals surface area (Å²) in [6.07, 6.45) is 14.1. The van der Waals surface area contributed by atoms with E-state index in [2.05, 4.69) is 44.9 Å². The fourth-order valence-corrected chi connectivity index (χ4v) is 10.2. The Hall–Kier alpha value is -4.88. The molecule has 5 aliphatic rings. The monoisotopic (exact) mass is 798 g/mol. The highest BCUT2D eigenvalue weighted by Gasteiger charge is 2.51. The van der Waals surface area contributed by atoms with Crippen LogP contribution in [-0.4, -0.2) is 93.1 Å². The lowest BCUT2D eigenvalue weighted by Gasteiger charge is -2.53. The Labute approximate surface area is 342 Å². The molecule has 6 unspecified atom stereocenters. The molecule has 4 amide bonds. The number of ether oxygens (including phenoxy) is 2. The van der Waals surface area contributed by atoms with Crippen LogP contribution in [0.4, 0.5) is 9.59 Å². The summed E-state index contributed by atoms with van der Waals surface area (Å²) in [6, 6.07) is 7.33. The van der Waals surface area contributed by atoms with E-state index >= 15 is 0 Å². The first-order valence-electron chi connectivity index (χ1n) is 21.5. The summed E-state index contributed by atoms with van der Waals surface area (Å²) in [5.41, 5.74) is 4.74. The van der Waals surface area contributed by atoms with Crippen molar-refractivity contribution in [2.24, 2.45) is 11.8 Å². The molecule has 2 saturated heterocycles.